The topological polar surface area (TPSA) is 45.9 Å². The molecule has 1 aromatic rings. The fourth-order valence-corrected chi connectivity index (χ4v) is 1.73. The van der Waals surface area contributed by atoms with Gasteiger partial charge in [-0.1, -0.05) is 11.6 Å². The molecule has 0 aliphatic carbocycles. The summed E-state index contributed by atoms with van der Waals surface area (Å²) in [5.74, 6) is 0. The van der Waals surface area contributed by atoms with Crippen LogP contribution in [0.15, 0.2) is 12.3 Å². The van der Waals surface area contributed by atoms with Gasteiger partial charge in [0.05, 0.1) is 30.0 Å². The lowest BCUT2D eigenvalue weighted by atomic mass is 9.83. The molecule has 1 aliphatic heterocycles. The Hall–Kier alpha value is -1.11. The zero-order chi connectivity index (χ0) is 10.2. The highest BCUT2D eigenvalue weighted by molar-refractivity contribution is 6.32. The SMILES string of the molecule is Cc1ccnc(C2(C#N)COC2)c1Cl. The molecule has 2 rings (SSSR count). The fraction of sp³-hybridized carbons (Fsp3) is 0.400. The summed E-state index contributed by atoms with van der Waals surface area (Å²) in [4.78, 5) is 4.17. The van der Waals surface area contributed by atoms with E-state index in [2.05, 4.69) is 11.1 Å². The predicted octanol–water partition coefficient (Wildman–Crippen LogP) is 1.83. The van der Waals surface area contributed by atoms with Crippen molar-refractivity contribution in [1.29, 1.82) is 5.26 Å². The molecule has 0 atom stereocenters. The minimum Gasteiger partial charge on any atom is -0.377 e. The van der Waals surface area contributed by atoms with Gasteiger partial charge in [0.2, 0.25) is 0 Å². The maximum atomic E-state index is 9.08. The van der Waals surface area contributed by atoms with Gasteiger partial charge in [-0.05, 0) is 18.6 Å². The molecule has 0 saturated carbocycles. The highest BCUT2D eigenvalue weighted by Gasteiger charge is 2.43. The second-order valence-corrected chi connectivity index (χ2v) is 3.86. The van der Waals surface area contributed by atoms with Gasteiger partial charge in [0.15, 0.2) is 0 Å². The molecule has 3 nitrogen and oxygen atoms in total. The highest BCUT2D eigenvalue weighted by atomic mass is 35.5. The number of hydrogen-bond donors (Lipinski definition) is 0. The fourth-order valence-electron chi connectivity index (χ4n) is 1.43. The van der Waals surface area contributed by atoms with Gasteiger partial charge >= 0.3 is 0 Å². The molecule has 0 amide bonds. The molecule has 0 unspecified atom stereocenters. The van der Waals surface area contributed by atoms with Crippen molar-refractivity contribution in [3.63, 3.8) is 0 Å². The summed E-state index contributed by atoms with van der Waals surface area (Å²) in [7, 11) is 0. The summed E-state index contributed by atoms with van der Waals surface area (Å²) in [5.41, 5.74) is 0.967. The number of nitriles is 1. The average Bonchev–Trinajstić information content (AvgIpc) is 2.11. The van der Waals surface area contributed by atoms with E-state index < -0.39 is 5.41 Å². The Labute approximate surface area is 87.3 Å². The molecule has 14 heavy (non-hydrogen) atoms. The van der Waals surface area contributed by atoms with E-state index in [4.69, 9.17) is 21.6 Å². The van der Waals surface area contributed by atoms with Crippen LogP contribution in [0.4, 0.5) is 0 Å². The molecule has 1 fully saturated rings. The van der Waals surface area contributed by atoms with Gasteiger partial charge in [-0.25, -0.2) is 0 Å². The van der Waals surface area contributed by atoms with Crippen LogP contribution in [-0.4, -0.2) is 18.2 Å². The van der Waals surface area contributed by atoms with Crippen LogP contribution in [0.3, 0.4) is 0 Å². The zero-order valence-corrected chi connectivity index (χ0v) is 8.51. The minimum absolute atomic E-state index is 0.389. The number of nitrogens with zero attached hydrogens (tertiary/aromatic N) is 2. The number of halogens is 1. The number of aryl methyl sites for hydroxylation is 1. The summed E-state index contributed by atoms with van der Waals surface area (Å²) < 4.78 is 5.06. The van der Waals surface area contributed by atoms with Crippen molar-refractivity contribution in [2.45, 2.75) is 12.3 Å². The van der Waals surface area contributed by atoms with Gasteiger partial charge < -0.3 is 4.74 Å². The number of aromatic nitrogens is 1. The quantitative estimate of drug-likeness (QED) is 0.708. The maximum Gasteiger partial charge on any atom is 0.147 e. The summed E-state index contributed by atoms with van der Waals surface area (Å²) in [6.07, 6.45) is 1.67. The molecule has 1 aliphatic rings. The van der Waals surface area contributed by atoms with Crippen LogP contribution >= 0.6 is 11.6 Å². The first-order chi connectivity index (χ1) is 6.69. The van der Waals surface area contributed by atoms with Crippen molar-refractivity contribution in [2.75, 3.05) is 13.2 Å². The molecule has 72 valence electrons. The number of hydrogen-bond acceptors (Lipinski definition) is 3. The Morgan fingerprint density at radius 2 is 2.36 bits per heavy atom. The molecule has 0 bridgehead atoms. The number of ether oxygens (including phenoxy) is 1. The van der Waals surface area contributed by atoms with Crippen molar-refractivity contribution in [1.82, 2.24) is 4.98 Å². The lowest BCUT2D eigenvalue weighted by Crippen LogP contribution is -2.46. The Morgan fingerprint density at radius 3 is 2.86 bits per heavy atom. The number of rotatable bonds is 1. The summed E-state index contributed by atoms with van der Waals surface area (Å²) in [6, 6.07) is 4.06. The summed E-state index contributed by atoms with van der Waals surface area (Å²) in [6.45, 7) is 2.68. The lowest BCUT2D eigenvalue weighted by molar-refractivity contribution is -0.0317. The van der Waals surface area contributed by atoms with Crippen LogP contribution < -0.4 is 0 Å². The molecule has 0 aromatic carbocycles. The van der Waals surface area contributed by atoms with Crippen LogP contribution in [0.5, 0.6) is 0 Å². The van der Waals surface area contributed by atoms with E-state index in [-0.39, 0.29) is 0 Å². The van der Waals surface area contributed by atoms with E-state index in [1.54, 1.807) is 6.20 Å². The van der Waals surface area contributed by atoms with Crippen molar-refractivity contribution >= 4 is 11.6 Å². The molecule has 1 aromatic heterocycles. The van der Waals surface area contributed by atoms with E-state index in [1.165, 1.54) is 0 Å². The third-order valence-corrected chi connectivity index (χ3v) is 2.92. The van der Waals surface area contributed by atoms with E-state index in [9.17, 15) is 0 Å². The Kier molecular flexibility index (Phi) is 2.18. The van der Waals surface area contributed by atoms with Crippen molar-refractivity contribution in [2.24, 2.45) is 0 Å². The van der Waals surface area contributed by atoms with Crippen LogP contribution in [0.25, 0.3) is 0 Å². The first kappa shape index (κ1) is 9.45. The molecule has 1 saturated heterocycles. The van der Waals surface area contributed by atoms with Crippen molar-refractivity contribution in [3.8, 4) is 6.07 Å². The van der Waals surface area contributed by atoms with Crippen LogP contribution in [-0.2, 0) is 10.2 Å². The van der Waals surface area contributed by atoms with Crippen LogP contribution in [0, 0.1) is 18.3 Å². The first-order valence-electron chi connectivity index (χ1n) is 4.30. The lowest BCUT2D eigenvalue weighted by Gasteiger charge is -2.34. The van der Waals surface area contributed by atoms with E-state index in [1.807, 2.05) is 13.0 Å². The standard InChI is InChI=1S/C10H9ClN2O/c1-7-2-3-13-9(8(7)11)10(4-12)5-14-6-10/h2-3H,5-6H2,1H3. The first-order valence-corrected chi connectivity index (χ1v) is 4.68. The van der Waals surface area contributed by atoms with E-state index >= 15 is 0 Å². The van der Waals surface area contributed by atoms with Gasteiger partial charge in [0, 0.05) is 6.20 Å². The van der Waals surface area contributed by atoms with Crippen LogP contribution in [0.2, 0.25) is 5.02 Å². The molecular formula is C10H9ClN2O. The van der Waals surface area contributed by atoms with E-state index in [0.29, 0.717) is 23.9 Å². The largest absolute Gasteiger partial charge is 0.377 e. The van der Waals surface area contributed by atoms with Gasteiger partial charge in [0.1, 0.15) is 5.41 Å². The summed E-state index contributed by atoms with van der Waals surface area (Å²) in [5, 5.41) is 9.66. The maximum absolute atomic E-state index is 9.08. The predicted molar refractivity (Wildman–Crippen MR) is 52.1 cm³/mol. The minimum atomic E-state index is -0.622. The third-order valence-electron chi connectivity index (χ3n) is 2.45. The molecule has 4 heteroatoms. The highest BCUT2D eigenvalue weighted by Crippen LogP contribution is 2.35. The molecular weight excluding hydrogens is 200 g/mol. The van der Waals surface area contributed by atoms with Crippen molar-refractivity contribution in [3.05, 3.63) is 28.5 Å². The zero-order valence-electron chi connectivity index (χ0n) is 7.75. The monoisotopic (exact) mass is 208 g/mol. The normalized spacial score (nSPS) is 18.4. The van der Waals surface area contributed by atoms with Crippen LogP contribution in [0.1, 0.15) is 11.3 Å². The number of pyridine rings is 1. The van der Waals surface area contributed by atoms with Gasteiger partial charge in [0.25, 0.3) is 0 Å². The van der Waals surface area contributed by atoms with Gasteiger partial charge in [-0.15, -0.1) is 0 Å². The average molecular weight is 209 g/mol. The van der Waals surface area contributed by atoms with Gasteiger partial charge in [-0.3, -0.25) is 4.98 Å². The van der Waals surface area contributed by atoms with Crippen molar-refractivity contribution < 1.29 is 4.74 Å². The molecule has 0 spiro atoms. The summed E-state index contributed by atoms with van der Waals surface area (Å²) >= 11 is 6.10. The molecule has 0 radical (unpaired) electrons. The van der Waals surface area contributed by atoms with Gasteiger partial charge in [-0.2, -0.15) is 5.26 Å². The second kappa shape index (κ2) is 3.23. The van der Waals surface area contributed by atoms with E-state index in [0.717, 1.165) is 5.56 Å². The smallest absolute Gasteiger partial charge is 0.147 e. The third kappa shape index (κ3) is 1.19. The Morgan fingerprint density at radius 1 is 1.64 bits per heavy atom. The second-order valence-electron chi connectivity index (χ2n) is 3.48. The molecule has 0 N–H and O–H groups in total. The molecule has 2 heterocycles. The Bertz CT molecular complexity index is 407. The Balaban J connectivity index is 2.51.